The average molecular weight is 370 g/mol. The quantitative estimate of drug-likeness (QED) is 0.744. The van der Waals surface area contributed by atoms with E-state index >= 15 is 0 Å². The molecule has 0 radical (unpaired) electrons. The number of hydrogen-bond acceptors (Lipinski definition) is 4. The zero-order valence-corrected chi connectivity index (χ0v) is 15.3. The molecule has 1 fully saturated rings. The van der Waals surface area contributed by atoms with E-state index in [1.165, 1.54) is 22.8 Å². The zero-order valence-electron chi connectivity index (χ0n) is 14.4. The molecule has 1 unspecified atom stereocenters. The van der Waals surface area contributed by atoms with Crippen LogP contribution >= 0.6 is 0 Å². The second-order valence-electron chi connectivity index (χ2n) is 6.34. The summed E-state index contributed by atoms with van der Waals surface area (Å²) in [4.78, 5) is 27.0. The van der Waals surface area contributed by atoms with E-state index in [1.54, 1.807) is 25.2 Å². The predicted molar refractivity (Wildman–Crippen MR) is 92.2 cm³/mol. The molecule has 0 bridgehead atoms. The summed E-state index contributed by atoms with van der Waals surface area (Å²) in [7, 11) is -1.53. The molecule has 1 aromatic carbocycles. The molecule has 6 nitrogen and oxygen atoms in total. The SMILES string of the molecule is CC(=O)N(CCc1ccccc1F)CC(=O)N(C)C1CCS(=O)(=O)C1. The third kappa shape index (κ3) is 5.26. The van der Waals surface area contributed by atoms with Crippen molar-refractivity contribution in [3.05, 3.63) is 35.6 Å². The van der Waals surface area contributed by atoms with E-state index in [2.05, 4.69) is 0 Å². The Hall–Kier alpha value is -1.96. The van der Waals surface area contributed by atoms with Crippen molar-refractivity contribution in [3.63, 3.8) is 0 Å². The molecular formula is C17H23FN2O4S. The van der Waals surface area contributed by atoms with Crippen LogP contribution in [0.4, 0.5) is 4.39 Å². The van der Waals surface area contributed by atoms with Gasteiger partial charge in [-0.2, -0.15) is 0 Å². The van der Waals surface area contributed by atoms with Crippen molar-refractivity contribution in [1.29, 1.82) is 0 Å². The van der Waals surface area contributed by atoms with Crippen LogP contribution in [0.15, 0.2) is 24.3 Å². The van der Waals surface area contributed by atoms with Gasteiger partial charge in [-0.3, -0.25) is 9.59 Å². The Bertz CT molecular complexity index is 751. The lowest BCUT2D eigenvalue weighted by Crippen LogP contribution is -2.45. The van der Waals surface area contributed by atoms with Gasteiger partial charge in [-0.05, 0) is 24.5 Å². The van der Waals surface area contributed by atoms with E-state index in [1.807, 2.05) is 0 Å². The minimum Gasteiger partial charge on any atom is -0.340 e. The van der Waals surface area contributed by atoms with E-state index in [9.17, 15) is 22.4 Å². The fraction of sp³-hybridized carbons (Fsp3) is 0.529. The Morgan fingerprint density at radius 3 is 2.52 bits per heavy atom. The molecule has 0 spiro atoms. The molecule has 8 heteroatoms. The van der Waals surface area contributed by atoms with Gasteiger partial charge in [0.05, 0.1) is 18.1 Å². The van der Waals surface area contributed by atoms with Crippen molar-refractivity contribution in [2.24, 2.45) is 0 Å². The van der Waals surface area contributed by atoms with Crippen LogP contribution in [0.3, 0.4) is 0 Å². The molecule has 1 aliphatic heterocycles. The van der Waals surface area contributed by atoms with Crippen molar-refractivity contribution in [2.75, 3.05) is 31.6 Å². The highest BCUT2D eigenvalue weighted by Crippen LogP contribution is 2.17. The van der Waals surface area contributed by atoms with Gasteiger partial charge in [0.25, 0.3) is 0 Å². The molecule has 2 rings (SSSR count). The molecule has 0 saturated carbocycles. The monoisotopic (exact) mass is 370 g/mol. The molecule has 0 N–H and O–H groups in total. The van der Waals surface area contributed by atoms with Gasteiger partial charge in [0.2, 0.25) is 11.8 Å². The highest BCUT2D eigenvalue weighted by atomic mass is 32.2. The summed E-state index contributed by atoms with van der Waals surface area (Å²) in [5, 5.41) is 0. The number of sulfone groups is 1. The molecule has 1 aromatic rings. The van der Waals surface area contributed by atoms with E-state index in [0.717, 1.165) is 0 Å². The second kappa shape index (κ2) is 7.95. The molecule has 25 heavy (non-hydrogen) atoms. The van der Waals surface area contributed by atoms with Crippen LogP contribution in [-0.4, -0.2) is 67.7 Å². The highest BCUT2D eigenvalue weighted by Gasteiger charge is 2.33. The summed E-state index contributed by atoms with van der Waals surface area (Å²) in [6.07, 6.45) is 0.723. The molecule has 138 valence electrons. The first kappa shape index (κ1) is 19.4. The molecular weight excluding hydrogens is 347 g/mol. The smallest absolute Gasteiger partial charge is 0.242 e. The zero-order chi connectivity index (χ0) is 18.6. The van der Waals surface area contributed by atoms with Crippen LogP contribution in [0, 0.1) is 5.82 Å². The number of likely N-dealkylation sites (N-methyl/N-ethyl adjacent to an activating group) is 1. The molecule has 1 atom stereocenters. The number of hydrogen-bond donors (Lipinski definition) is 0. The minimum absolute atomic E-state index is 0.0372. The minimum atomic E-state index is -3.09. The van der Waals surface area contributed by atoms with Crippen LogP contribution in [0.25, 0.3) is 0 Å². The van der Waals surface area contributed by atoms with Crippen LogP contribution < -0.4 is 0 Å². The normalized spacial score (nSPS) is 18.8. The Labute approximate surface area is 147 Å². The summed E-state index contributed by atoms with van der Waals surface area (Å²) in [6.45, 7) is 1.43. The van der Waals surface area contributed by atoms with Crippen LogP contribution in [-0.2, 0) is 25.8 Å². The molecule has 1 aliphatic rings. The first-order chi connectivity index (χ1) is 11.7. The van der Waals surface area contributed by atoms with Crippen molar-refractivity contribution in [1.82, 2.24) is 9.80 Å². The lowest BCUT2D eigenvalue weighted by Gasteiger charge is -2.27. The predicted octanol–water partition coefficient (Wildman–Crippen LogP) is 0.862. The van der Waals surface area contributed by atoms with Gasteiger partial charge in [-0.25, -0.2) is 12.8 Å². The molecule has 1 heterocycles. The summed E-state index contributed by atoms with van der Waals surface area (Å²) >= 11 is 0. The van der Waals surface area contributed by atoms with Crippen molar-refractivity contribution in [2.45, 2.75) is 25.8 Å². The Morgan fingerprint density at radius 1 is 1.28 bits per heavy atom. The number of carbonyl (C=O) groups excluding carboxylic acids is 2. The van der Waals surface area contributed by atoms with Gasteiger partial charge in [-0.1, -0.05) is 18.2 Å². The maximum atomic E-state index is 13.7. The number of benzene rings is 1. The summed E-state index contributed by atoms with van der Waals surface area (Å²) in [5.74, 6) is -0.891. The van der Waals surface area contributed by atoms with Crippen molar-refractivity contribution < 1.29 is 22.4 Å². The fourth-order valence-electron chi connectivity index (χ4n) is 2.86. The summed E-state index contributed by atoms with van der Waals surface area (Å²) < 4.78 is 36.8. The first-order valence-electron chi connectivity index (χ1n) is 8.14. The number of carbonyl (C=O) groups is 2. The van der Waals surface area contributed by atoms with Crippen molar-refractivity contribution in [3.8, 4) is 0 Å². The third-order valence-electron chi connectivity index (χ3n) is 4.53. The number of rotatable bonds is 6. The Kier molecular flexibility index (Phi) is 6.16. The van der Waals surface area contributed by atoms with Gasteiger partial charge >= 0.3 is 0 Å². The Morgan fingerprint density at radius 2 is 1.96 bits per heavy atom. The lowest BCUT2D eigenvalue weighted by atomic mass is 10.1. The number of halogens is 1. The third-order valence-corrected chi connectivity index (χ3v) is 6.28. The van der Waals surface area contributed by atoms with Crippen molar-refractivity contribution >= 4 is 21.7 Å². The lowest BCUT2D eigenvalue weighted by molar-refractivity contribution is -0.139. The van der Waals surface area contributed by atoms with E-state index in [-0.39, 0.29) is 48.3 Å². The van der Waals surface area contributed by atoms with Crippen LogP contribution in [0.1, 0.15) is 18.9 Å². The summed E-state index contributed by atoms with van der Waals surface area (Å²) in [5.41, 5.74) is 0.483. The van der Waals surface area contributed by atoms with E-state index < -0.39 is 9.84 Å². The summed E-state index contributed by atoms with van der Waals surface area (Å²) in [6, 6.07) is 5.96. The fourth-order valence-corrected chi connectivity index (χ4v) is 4.64. The highest BCUT2D eigenvalue weighted by molar-refractivity contribution is 7.91. The van der Waals surface area contributed by atoms with Crippen LogP contribution in [0.5, 0.6) is 0 Å². The van der Waals surface area contributed by atoms with Gasteiger partial charge in [-0.15, -0.1) is 0 Å². The maximum Gasteiger partial charge on any atom is 0.242 e. The van der Waals surface area contributed by atoms with Crippen LogP contribution in [0.2, 0.25) is 0 Å². The first-order valence-corrected chi connectivity index (χ1v) is 9.97. The van der Waals surface area contributed by atoms with Gasteiger partial charge < -0.3 is 9.80 Å². The van der Waals surface area contributed by atoms with E-state index in [0.29, 0.717) is 18.4 Å². The van der Waals surface area contributed by atoms with Gasteiger partial charge in [0.15, 0.2) is 9.84 Å². The largest absolute Gasteiger partial charge is 0.340 e. The topological polar surface area (TPSA) is 74.8 Å². The molecule has 2 amide bonds. The number of nitrogens with zero attached hydrogens (tertiary/aromatic N) is 2. The molecule has 0 aromatic heterocycles. The van der Waals surface area contributed by atoms with E-state index in [4.69, 9.17) is 0 Å². The molecule has 1 saturated heterocycles. The number of amides is 2. The average Bonchev–Trinajstić information content (AvgIpc) is 2.91. The molecule has 0 aliphatic carbocycles. The van der Waals surface area contributed by atoms with Gasteiger partial charge in [0, 0.05) is 26.6 Å². The Balaban J connectivity index is 1.95. The maximum absolute atomic E-state index is 13.7. The van der Waals surface area contributed by atoms with Gasteiger partial charge in [0.1, 0.15) is 5.82 Å². The standard InChI is InChI=1S/C17H23FN2O4S/c1-13(21)20(9-7-14-5-3-4-6-16(14)18)11-17(22)19(2)15-8-10-25(23,24)12-15/h3-6,15H,7-12H2,1-2H3. The second-order valence-corrected chi connectivity index (χ2v) is 8.57.